The summed E-state index contributed by atoms with van der Waals surface area (Å²) >= 11 is 0. The van der Waals surface area contributed by atoms with Crippen molar-refractivity contribution in [3.63, 3.8) is 0 Å². The van der Waals surface area contributed by atoms with Crippen molar-refractivity contribution in [2.45, 2.75) is 25.4 Å². The molecule has 0 saturated heterocycles. The fourth-order valence-corrected chi connectivity index (χ4v) is 2.62. The van der Waals surface area contributed by atoms with Gasteiger partial charge in [-0.05, 0) is 36.7 Å². The second-order valence-corrected chi connectivity index (χ2v) is 4.92. The number of aliphatic hydroxyl groups excluding tert-OH is 1. The molecule has 3 heteroatoms. The van der Waals surface area contributed by atoms with Gasteiger partial charge in [-0.1, -0.05) is 30.3 Å². The molecule has 2 atom stereocenters. The van der Waals surface area contributed by atoms with E-state index in [2.05, 4.69) is 12.1 Å². The topological polar surface area (TPSA) is 55.5 Å². The van der Waals surface area contributed by atoms with Gasteiger partial charge in [-0.2, -0.15) is 0 Å². The Morgan fingerprint density at radius 1 is 1.21 bits per heavy atom. The van der Waals surface area contributed by atoms with Crippen molar-refractivity contribution in [1.29, 1.82) is 0 Å². The van der Waals surface area contributed by atoms with E-state index in [4.69, 9.17) is 10.5 Å². The third-order valence-electron chi connectivity index (χ3n) is 3.47. The standard InChI is InChI=1S/C16H21NO2/c1-11(18)9-13(10-17)16-14-6-4-3-5-12(14)7-8-15(16)19-2/h3-8,11,13,18H,9-10,17H2,1-2H3. The highest BCUT2D eigenvalue weighted by Gasteiger charge is 2.19. The van der Waals surface area contributed by atoms with Crippen LogP contribution in [0.3, 0.4) is 0 Å². The molecule has 0 aromatic heterocycles. The van der Waals surface area contributed by atoms with E-state index in [0.717, 1.165) is 16.7 Å². The zero-order valence-corrected chi connectivity index (χ0v) is 11.5. The molecular weight excluding hydrogens is 238 g/mol. The number of hydrogen-bond acceptors (Lipinski definition) is 3. The Kier molecular flexibility index (Phi) is 4.40. The molecule has 2 aromatic carbocycles. The number of aliphatic hydroxyl groups is 1. The average Bonchev–Trinajstić information content (AvgIpc) is 2.43. The third kappa shape index (κ3) is 2.88. The molecular formula is C16H21NO2. The van der Waals surface area contributed by atoms with E-state index in [1.807, 2.05) is 24.3 Å². The lowest BCUT2D eigenvalue weighted by atomic mass is 9.88. The zero-order chi connectivity index (χ0) is 13.8. The molecule has 0 spiro atoms. The van der Waals surface area contributed by atoms with E-state index >= 15 is 0 Å². The lowest BCUT2D eigenvalue weighted by Crippen LogP contribution is -2.18. The predicted molar refractivity (Wildman–Crippen MR) is 78.6 cm³/mol. The SMILES string of the molecule is COc1ccc2ccccc2c1C(CN)CC(C)O. The van der Waals surface area contributed by atoms with E-state index in [9.17, 15) is 5.11 Å². The van der Waals surface area contributed by atoms with Gasteiger partial charge in [0.25, 0.3) is 0 Å². The van der Waals surface area contributed by atoms with Crippen LogP contribution in [0.25, 0.3) is 10.8 Å². The number of ether oxygens (including phenoxy) is 1. The summed E-state index contributed by atoms with van der Waals surface area (Å²) in [6, 6.07) is 12.2. The smallest absolute Gasteiger partial charge is 0.123 e. The number of fused-ring (bicyclic) bond motifs is 1. The number of hydrogen-bond donors (Lipinski definition) is 2. The average molecular weight is 259 g/mol. The molecule has 19 heavy (non-hydrogen) atoms. The Morgan fingerprint density at radius 3 is 2.58 bits per heavy atom. The zero-order valence-electron chi connectivity index (χ0n) is 11.5. The Hall–Kier alpha value is -1.58. The quantitative estimate of drug-likeness (QED) is 0.868. The van der Waals surface area contributed by atoms with Crippen molar-refractivity contribution >= 4 is 10.8 Å². The Balaban J connectivity index is 2.60. The molecule has 3 nitrogen and oxygen atoms in total. The van der Waals surface area contributed by atoms with Crippen molar-refractivity contribution in [3.05, 3.63) is 42.0 Å². The fourth-order valence-electron chi connectivity index (χ4n) is 2.62. The number of benzene rings is 2. The van der Waals surface area contributed by atoms with E-state index in [-0.39, 0.29) is 12.0 Å². The first kappa shape index (κ1) is 13.8. The normalized spacial score (nSPS) is 14.3. The summed E-state index contributed by atoms with van der Waals surface area (Å²) in [5, 5.41) is 12.0. The van der Waals surface area contributed by atoms with Gasteiger partial charge in [-0.25, -0.2) is 0 Å². The molecule has 0 heterocycles. The largest absolute Gasteiger partial charge is 0.496 e. The lowest BCUT2D eigenvalue weighted by Gasteiger charge is -2.21. The van der Waals surface area contributed by atoms with Gasteiger partial charge >= 0.3 is 0 Å². The summed E-state index contributed by atoms with van der Waals surface area (Å²) in [5.74, 6) is 0.941. The first-order chi connectivity index (χ1) is 9.17. The van der Waals surface area contributed by atoms with E-state index in [1.54, 1.807) is 14.0 Å². The van der Waals surface area contributed by atoms with Crippen LogP contribution in [0, 0.1) is 0 Å². The Morgan fingerprint density at radius 2 is 1.95 bits per heavy atom. The second kappa shape index (κ2) is 6.04. The Bertz CT molecular complexity index is 551. The lowest BCUT2D eigenvalue weighted by molar-refractivity contribution is 0.174. The molecule has 0 amide bonds. The summed E-state index contributed by atoms with van der Waals surface area (Å²) in [6.07, 6.45) is 0.262. The van der Waals surface area contributed by atoms with Gasteiger partial charge in [-0.3, -0.25) is 0 Å². The van der Waals surface area contributed by atoms with Crippen LogP contribution in [0.2, 0.25) is 0 Å². The molecule has 2 rings (SSSR count). The van der Waals surface area contributed by atoms with Crippen LogP contribution in [0.4, 0.5) is 0 Å². The molecule has 0 fully saturated rings. The monoisotopic (exact) mass is 259 g/mol. The molecule has 0 saturated carbocycles. The summed E-state index contributed by atoms with van der Waals surface area (Å²) in [4.78, 5) is 0. The maximum absolute atomic E-state index is 9.65. The predicted octanol–water partition coefficient (Wildman–Crippen LogP) is 2.66. The summed E-state index contributed by atoms with van der Waals surface area (Å²) in [7, 11) is 1.67. The molecule has 3 N–H and O–H groups in total. The van der Waals surface area contributed by atoms with Crippen LogP contribution >= 0.6 is 0 Å². The van der Waals surface area contributed by atoms with E-state index in [0.29, 0.717) is 13.0 Å². The van der Waals surface area contributed by atoms with Gasteiger partial charge in [0.05, 0.1) is 13.2 Å². The number of nitrogens with two attached hydrogens (primary N) is 1. The van der Waals surface area contributed by atoms with Gasteiger partial charge in [0.2, 0.25) is 0 Å². The van der Waals surface area contributed by atoms with Crippen LogP contribution in [0.15, 0.2) is 36.4 Å². The summed E-state index contributed by atoms with van der Waals surface area (Å²) in [6.45, 7) is 2.29. The van der Waals surface area contributed by atoms with Crippen LogP contribution in [-0.2, 0) is 0 Å². The van der Waals surface area contributed by atoms with Crippen molar-refractivity contribution in [2.75, 3.05) is 13.7 Å². The van der Waals surface area contributed by atoms with Crippen molar-refractivity contribution in [1.82, 2.24) is 0 Å². The highest BCUT2D eigenvalue weighted by Crippen LogP contribution is 2.35. The minimum absolute atomic E-state index is 0.0982. The summed E-state index contributed by atoms with van der Waals surface area (Å²) in [5.41, 5.74) is 7.00. The number of rotatable bonds is 5. The maximum atomic E-state index is 9.65. The van der Waals surface area contributed by atoms with Crippen molar-refractivity contribution in [2.24, 2.45) is 5.73 Å². The minimum Gasteiger partial charge on any atom is -0.496 e. The van der Waals surface area contributed by atoms with Crippen LogP contribution in [0.1, 0.15) is 24.8 Å². The summed E-state index contributed by atoms with van der Waals surface area (Å²) < 4.78 is 5.48. The second-order valence-electron chi connectivity index (χ2n) is 4.92. The molecule has 0 aliphatic carbocycles. The first-order valence-electron chi connectivity index (χ1n) is 6.61. The van der Waals surface area contributed by atoms with Gasteiger partial charge in [0.15, 0.2) is 0 Å². The van der Waals surface area contributed by atoms with Crippen molar-refractivity contribution in [3.8, 4) is 5.75 Å². The van der Waals surface area contributed by atoms with E-state index < -0.39 is 0 Å². The molecule has 2 unspecified atom stereocenters. The van der Waals surface area contributed by atoms with Crippen LogP contribution in [-0.4, -0.2) is 24.9 Å². The number of methoxy groups -OCH3 is 1. The highest BCUT2D eigenvalue weighted by molar-refractivity contribution is 5.88. The molecule has 0 radical (unpaired) electrons. The molecule has 2 aromatic rings. The minimum atomic E-state index is -0.378. The van der Waals surface area contributed by atoms with Crippen molar-refractivity contribution < 1.29 is 9.84 Å². The molecule has 0 bridgehead atoms. The van der Waals surface area contributed by atoms with Crippen LogP contribution < -0.4 is 10.5 Å². The molecule has 102 valence electrons. The highest BCUT2D eigenvalue weighted by atomic mass is 16.5. The van der Waals surface area contributed by atoms with Gasteiger partial charge < -0.3 is 15.6 Å². The van der Waals surface area contributed by atoms with Gasteiger partial charge in [-0.15, -0.1) is 0 Å². The van der Waals surface area contributed by atoms with E-state index in [1.165, 1.54) is 5.39 Å². The Labute approximate surface area is 114 Å². The molecule has 0 aliphatic heterocycles. The molecule has 0 aliphatic rings. The van der Waals surface area contributed by atoms with Crippen LogP contribution in [0.5, 0.6) is 5.75 Å². The fraction of sp³-hybridized carbons (Fsp3) is 0.375. The van der Waals surface area contributed by atoms with Gasteiger partial charge in [0, 0.05) is 11.5 Å². The first-order valence-corrected chi connectivity index (χ1v) is 6.61. The maximum Gasteiger partial charge on any atom is 0.123 e. The van der Waals surface area contributed by atoms with Gasteiger partial charge in [0.1, 0.15) is 5.75 Å². The third-order valence-corrected chi connectivity index (χ3v) is 3.47.